The number of halogens is 1. The number of amides is 2. The molecule has 172 valence electrons. The Bertz CT molecular complexity index is 1100. The number of carbonyl (C=O) groups excluding carboxylic acids is 2. The van der Waals surface area contributed by atoms with E-state index in [0.29, 0.717) is 35.4 Å². The maximum Gasteiger partial charge on any atom is 0.254 e. The van der Waals surface area contributed by atoms with E-state index in [1.165, 1.54) is 11.8 Å². The highest BCUT2D eigenvalue weighted by Crippen LogP contribution is 2.34. The van der Waals surface area contributed by atoms with E-state index in [1.54, 1.807) is 24.3 Å². The lowest BCUT2D eigenvalue weighted by atomic mass is 10.1. The average molecular weight is 484 g/mol. The smallest absolute Gasteiger partial charge is 0.254 e. The van der Waals surface area contributed by atoms with Gasteiger partial charge in [0.1, 0.15) is 0 Å². The van der Waals surface area contributed by atoms with E-state index in [9.17, 15) is 9.59 Å². The zero-order valence-corrected chi connectivity index (χ0v) is 20.0. The Hall–Kier alpha value is -2.84. The van der Waals surface area contributed by atoms with Gasteiger partial charge in [-0.25, -0.2) is 0 Å². The first-order chi connectivity index (χ1) is 16.1. The first kappa shape index (κ1) is 23.3. The van der Waals surface area contributed by atoms with Crippen molar-refractivity contribution in [2.45, 2.75) is 44.1 Å². The highest BCUT2D eigenvalue weighted by molar-refractivity contribution is 7.99. The molecular formula is C24H26ClN5O2S. The average Bonchev–Trinajstić information content (AvgIpc) is 3.48. The fourth-order valence-electron chi connectivity index (χ4n) is 3.96. The molecule has 3 aromatic rings. The second-order valence-electron chi connectivity index (χ2n) is 7.80. The van der Waals surface area contributed by atoms with Crippen LogP contribution in [0.3, 0.4) is 0 Å². The van der Waals surface area contributed by atoms with Crippen LogP contribution >= 0.6 is 23.4 Å². The SMILES string of the molecule is CCn1c(SCC(=O)NCc2ccccc2)nnc1C1CCCN1C(=O)c1ccc(Cl)cc1. The molecule has 2 amide bonds. The van der Waals surface area contributed by atoms with Gasteiger partial charge in [0.25, 0.3) is 5.91 Å². The van der Waals surface area contributed by atoms with E-state index in [-0.39, 0.29) is 23.6 Å². The standard InChI is InChI=1S/C24H26ClN5O2S/c1-2-29-22(20-9-6-14-30(20)23(32)18-10-12-19(25)13-11-18)27-28-24(29)33-16-21(31)26-15-17-7-4-3-5-8-17/h3-5,7-8,10-13,20H,2,6,9,14-16H2,1H3,(H,26,31). The summed E-state index contributed by atoms with van der Waals surface area (Å²) in [5.41, 5.74) is 1.67. The van der Waals surface area contributed by atoms with Gasteiger partial charge in [-0.2, -0.15) is 0 Å². The lowest BCUT2D eigenvalue weighted by molar-refractivity contribution is -0.118. The Labute approximate surface area is 202 Å². The largest absolute Gasteiger partial charge is 0.351 e. The van der Waals surface area contributed by atoms with Gasteiger partial charge in [0.15, 0.2) is 11.0 Å². The van der Waals surface area contributed by atoms with Crippen molar-refractivity contribution in [2.75, 3.05) is 12.3 Å². The third kappa shape index (κ3) is 5.57. The summed E-state index contributed by atoms with van der Waals surface area (Å²) in [4.78, 5) is 27.3. The Morgan fingerprint density at radius 1 is 1.12 bits per heavy atom. The summed E-state index contributed by atoms with van der Waals surface area (Å²) in [5.74, 6) is 0.929. The van der Waals surface area contributed by atoms with Gasteiger partial charge in [0, 0.05) is 30.2 Å². The van der Waals surface area contributed by atoms with E-state index >= 15 is 0 Å². The van der Waals surface area contributed by atoms with Crippen LogP contribution in [0, 0.1) is 0 Å². The fourth-order valence-corrected chi connectivity index (χ4v) is 4.93. The third-order valence-electron chi connectivity index (χ3n) is 5.63. The molecule has 1 aromatic heterocycles. The minimum Gasteiger partial charge on any atom is -0.351 e. The summed E-state index contributed by atoms with van der Waals surface area (Å²) in [5, 5.41) is 13.0. The predicted octanol–water partition coefficient (Wildman–Crippen LogP) is 4.34. The number of rotatable bonds is 8. The minimum atomic E-state index is -0.137. The van der Waals surface area contributed by atoms with Crippen molar-refractivity contribution in [3.63, 3.8) is 0 Å². The van der Waals surface area contributed by atoms with Crippen molar-refractivity contribution in [3.05, 3.63) is 76.6 Å². The lowest BCUT2D eigenvalue weighted by Crippen LogP contribution is -2.32. The van der Waals surface area contributed by atoms with Crippen molar-refractivity contribution in [3.8, 4) is 0 Å². The van der Waals surface area contributed by atoms with Crippen molar-refractivity contribution < 1.29 is 9.59 Å². The molecule has 0 radical (unpaired) electrons. The molecule has 0 spiro atoms. The topological polar surface area (TPSA) is 80.1 Å². The number of aromatic nitrogens is 3. The third-order valence-corrected chi connectivity index (χ3v) is 6.85. The molecule has 4 rings (SSSR count). The van der Waals surface area contributed by atoms with Crippen molar-refractivity contribution >= 4 is 35.2 Å². The van der Waals surface area contributed by atoms with Crippen LogP contribution in [0.25, 0.3) is 0 Å². The van der Waals surface area contributed by atoms with Gasteiger partial charge in [-0.1, -0.05) is 53.7 Å². The van der Waals surface area contributed by atoms with Crippen LogP contribution in [-0.4, -0.2) is 43.8 Å². The lowest BCUT2D eigenvalue weighted by Gasteiger charge is -2.24. The zero-order chi connectivity index (χ0) is 23.2. The quantitative estimate of drug-likeness (QED) is 0.482. The second-order valence-corrected chi connectivity index (χ2v) is 9.18. The monoisotopic (exact) mass is 483 g/mol. The molecule has 1 aliphatic heterocycles. The highest BCUT2D eigenvalue weighted by Gasteiger charge is 2.34. The maximum atomic E-state index is 13.1. The Morgan fingerprint density at radius 2 is 1.88 bits per heavy atom. The molecule has 1 atom stereocenters. The van der Waals surface area contributed by atoms with Crippen LogP contribution in [-0.2, 0) is 17.9 Å². The zero-order valence-electron chi connectivity index (χ0n) is 18.4. The molecule has 7 nitrogen and oxygen atoms in total. The molecule has 2 heterocycles. The van der Waals surface area contributed by atoms with Crippen LogP contribution < -0.4 is 5.32 Å². The molecule has 1 fully saturated rings. The number of hydrogen-bond acceptors (Lipinski definition) is 5. The number of hydrogen-bond donors (Lipinski definition) is 1. The normalized spacial score (nSPS) is 15.6. The van der Waals surface area contributed by atoms with E-state index < -0.39 is 0 Å². The fraction of sp³-hybridized carbons (Fsp3) is 0.333. The van der Waals surface area contributed by atoms with Crippen molar-refractivity contribution in [1.29, 1.82) is 0 Å². The van der Waals surface area contributed by atoms with Gasteiger partial charge in [0.05, 0.1) is 11.8 Å². The van der Waals surface area contributed by atoms with Crippen molar-refractivity contribution in [1.82, 2.24) is 25.0 Å². The summed E-state index contributed by atoms with van der Waals surface area (Å²) in [6.07, 6.45) is 1.74. The molecule has 1 aliphatic rings. The van der Waals surface area contributed by atoms with Gasteiger partial charge < -0.3 is 14.8 Å². The number of likely N-dealkylation sites (tertiary alicyclic amines) is 1. The summed E-state index contributed by atoms with van der Waals surface area (Å²) < 4.78 is 2.01. The number of thioether (sulfide) groups is 1. The van der Waals surface area contributed by atoms with E-state index in [2.05, 4.69) is 15.5 Å². The molecular weight excluding hydrogens is 458 g/mol. The molecule has 1 unspecified atom stereocenters. The van der Waals surface area contributed by atoms with Gasteiger partial charge in [-0.05, 0) is 49.6 Å². The Balaban J connectivity index is 1.41. The summed E-state index contributed by atoms with van der Waals surface area (Å²) in [6, 6.07) is 16.6. The molecule has 0 aliphatic carbocycles. The molecule has 1 N–H and O–H groups in total. The van der Waals surface area contributed by atoms with Gasteiger partial charge in [-0.3, -0.25) is 9.59 Å². The summed E-state index contributed by atoms with van der Waals surface area (Å²) in [6.45, 7) is 3.85. The Morgan fingerprint density at radius 3 is 2.61 bits per heavy atom. The molecule has 9 heteroatoms. The van der Waals surface area contributed by atoms with Gasteiger partial charge in [-0.15, -0.1) is 10.2 Å². The van der Waals surface area contributed by atoms with Crippen LogP contribution in [0.4, 0.5) is 0 Å². The van der Waals surface area contributed by atoms with Crippen molar-refractivity contribution in [2.24, 2.45) is 0 Å². The van der Waals surface area contributed by atoms with E-state index in [0.717, 1.165) is 24.2 Å². The molecule has 0 bridgehead atoms. The van der Waals surface area contributed by atoms with Crippen LogP contribution in [0.5, 0.6) is 0 Å². The van der Waals surface area contributed by atoms with E-state index in [1.807, 2.05) is 46.7 Å². The molecule has 0 saturated carbocycles. The van der Waals surface area contributed by atoms with Crippen LogP contribution in [0.2, 0.25) is 5.02 Å². The number of carbonyl (C=O) groups is 2. The minimum absolute atomic E-state index is 0.0330. The van der Waals surface area contributed by atoms with Gasteiger partial charge >= 0.3 is 0 Å². The van der Waals surface area contributed by atoms with E-state index in [4.69, 9.17) is 11.6 Å². The van der Waals surface area contributed by atoms with Gasteiger partial charge in [0.2, 0.25) is 5.91 Å². The molecule has 2 aromatic carbocycles. The summed E-state index contributed by atoms with van der Waals surface area (Å²) >= 11 is 7.33. The molecule has 1 saturated heterocycles. The molecule has 33 heavy (non-hydrogen) atoms. The predicted molar refractivity (Wildman–Crippen MR) is 129 cm³/mol. The number of nitrogens with one attached hydrogen (secondary N) is 1. The first-order valence-electron chi connectivity index (χ1n) is 11.0. The summed E-state index contributed by atoms with van der Waals surface area (Å²) in [7, 11) is 0. The number of benzene rings is 2. The maximum absolute atomic E-state index is 13.1. The van der Waals surface area contributed by atoms with Crippen LogP contribution in [0.15, 0.2) is 59.8 Å². The van der Waals surface area contributed by atoms with Crippen LogP contribution in [0.1, 0.15) is 47.6 Å². The Kier molecular flexibility index (Phi) is 7.67. The second kappa shape index (κ2) is 10.9. The number of nitrogens with zero attached hydrogens (tertiary/aromatic N) is 4. The highest BCUT2D eigenvalue weighted by atomic mass is 35.5. The first-order valence-corrected chi connectivity index (χ1v) is 12.4.